The summed E-state index contributed by atoms with van der Waals surface area (Å²) in [5.74, 6) is 0.774. The summed E-state index contributed by atoms with van der Waals surface area (Å²) in [7, 11) is 0. The Morgan fingerprint density at radius 2 is 2.00 bits per heavy atom. The molecule has 114 valence electrons. The molecule has 1 aromatic carbocycles. The van der Waals surface area contributed by atoms with E-state index in [9.17, 15) is 0 Å². The van der Waals surface area contributed by atoms with Crippen molar-refractivity contribution in [3.05, 3.63) is 41.4 Å². The normalized spacial score (nSPS) is 11.6. The van der Waals surface area contributed by atoms with Crippen LogP contribution >= 0.6 is 11.8 Å². The van der Waals surface area contributed by atoms with Gasteiger partial charge in [0.2, 0.25) is 11.6 Å². The molecule has 0 aliphatic heterocycles. The van der Waals surface area contributed by atoms with Crippen LogP contribution in [0.1, 0.15) is 37.9 Å². The van der Waals surface area contributed by atoms with E-state index in [1.165, 1.54) is 4.90 Å². The van der Waals surface area contributed by atoms with Crippen molar-refractivity contribution >= 4 is 23.9 Å². The molecule has 1 heterocycles. The van der Waals surface area contributed by atoms with Gasteiger partial charge in [-0.25, -0.2) is 5.43 Å². The fraction of sp³-hybridized carbons (Fsp3) is 0.312. The van der Waals surface area contributed by atoms with Crippen molar-refractivity contribution in [2.24, 2.45) is 5.10 Å². The molecule has 0 bridgehead atoms. The highest BCUT2D eigenvalue weighted by Crippen LogP contribution is 2.26. The van der Waals surface area contributed by atoms with Crippen LogP contribution in [0.3, 0.4) is 0 Å². The van der Waals surface area contributed by atoms with E-state index in [0.717, 1.165) is 5.56 Å². The van der Waals surface area contributed by atoms with Crippen molar-refractivity contribution in [1.29, 1.82) is 5.26 Å². The second kappa shape index (κ2) is 6.67. The molecule has 0 unspecified atom stereocenters. The molecular weight excluding hydrogens is 296 g/mol. The van der Waals surface area contributed by atoms with Gasteiger partial charge in [0, 0.05) is 10.3 Å². The van der Waals surface area contributed by atoms with Crippen LogP contribution in [0.25, 0.3) is 0 Å². The van der Waals surface area contributed by atoms with Crippen LogP contribution in [0.5, 0.6) is 0 Å². The lowest BCUT2D eigenvalue weighted by Crippen LogP contribution is -2.11. The van der Waals surface area contributed by atoms with Crippen molar-refractivity contribution in [3.8, 4) is 6.07 Å². The maximum atomic E-state index is 9.10. The number of nitrogens with one attached hydrogen (secondary N) is 1. The second-order valence-corrected chi connectivity index (χ2v) is 6.58. The average molecular weight is 314 g/mol. The lowest BCUT2D eigenvalue weighted by molar-refractivity contribution is 0.399. The average Bonchev–Trinajstić information content (AvgIpc) is 2.91. The number of benzene rings is 1. The third kappa shape index (κ3) is 3.89. The SMILES string of the molecule is CSc1ccc(/C=N\Nc2oc(C(C)(C)C)nc2C#N)cc1. The molecule has 6 heteroatoms. The molecule has 0 fully saturated rings. The van der Waals surface area contributed by atoms with Gasteiger partial charge >= 0.3 is 0 Å². The minimum absolute atomic E-state index is 0.208. The van der Waals surface area contributed by atoms with E-state index in [-0.39, 0.29) is 17.0 Å². The van der Waals surface area contributed by atoms with Gasteiger partial charge in [-0.2, -0.15) is 15.3 Å². The Kier molecular flexibility index (Phi) is 4.88. The van der Waals surface area contributed by atoms with Crippen LogP contribution in [0.2, 0.25) is 0 Å². The first-order valence-corrected chi connectivity index (χ1v) is 8.01. The zero-order valence-electron chi connectivity index (χ0n) is 13.0. The number of aromatic nitrogens is 1. The van der Waals surface area contributed by atoms with Gasteiger partial charge in [-0.15, -0.1) is 11.8 Å². The summed E-state index contributed by atoms with van der Waals surface area (Å²) in [5.41, 5.74) is 3.65. The minimum Gasteiger partial charge on any atom is -0.421 e. The quantitative estimate of drug-likeness (QED) is 0.524. The Morgan fingerprint density at radius 3 is 2.55 bits per heavy atom. The molecule has 0 saturated heterocycles. The molecular formula is C16H18N4OS. The Hall–Kier alpha value is -2.26. The third-order valence-corrected chi connectivity index (χ3v) is 3.61. The van der Waals surface area contributed by atoms with Gasteiger partial charge in [0.15, 0.2) is 0 Å². The largest absolute Gasteiger partial charge is 0.421 e. The number of nitrogens with zero attached hydrogens (tertiary/aromatic N) is 3. The lowest BCUT2D eigenvalue weighted by Gasteiger charge is -2.11. The second-order valence-electron chi connectivity index (χ2n) is 5.70. The maximum absolute atomic E-state index is 9.10. The highest BCUT2D eigenvalue weighted by Gasteiger charge is 2.23. The molecule has 0 aliphatic carbocycles. The number of nitriles is 1. The van der Waals surface area contributed by atoms with Crippen LogP contribution in [0.4, 0.5) is 5.88 Å². The fourth-order valence-electron chi connectivity index (χ4n) is 1.65. The Labute approximate surface area is 134 Å². The van der Waals surface area contributed by atoms with Gasteiger partial charge in [0.25, 0.3) is 5.88 Å². The van der Waals surface area contributed by atoms with Crippen LogP contribution in [0.15, 0.2) is 38.7 Å². The molecule has 0 atom stereocenters. The molecule has 0 amide bonds. The molecule has 0 spiro atoms. The first kappa shape index (κ1) is 16.1. The van der Waals surface area contributed by atoms with E-state index in [1.54, 1.807) is 18.0 Å². The molecule has 0 saturated carbocycles. The smallest absolute Gasteiger partial charge is 0.252 e. The zero-order valence-corrected chi connectivity index (χ0v) is 13.9. The van der Waals surface area contributed by atoms with E-state index in [0.29, 0.717) is 5.89 Å². The fourth-order valence-corrected chi connectivity index (χ4v) is 2.06. The summed E-state index contributed by atoms with van der Waals surface area (Å²) in [6, 6.07) is 10.0. The molecule has 0 aliphatic rings. The van der Waals surface area contributed by atoms with Gasteiger partial charge in [0.05, 0.1) is 6.21 Å². The topological polar surface area (TPSA) is 74.2 Å². The first-order chi connectivity index (χ1) is 10.4. The van der Waals surface area contributed by atoms with Crippen LogP contribution in [-0.4, -0.2) is 17.5 Å². The molecule has 0 radical (unpaired) electrons. The highest BCUT2D eigenvalue weighted by atomic mass is 32.2. The molecule has 1 N–H and O–H groups in total. The summed E-state index contributed by atoms with van der Waals surface area (Å²) in [6.45, 7) is 5.92. The van der Waals surface area contributed by atoms with Crippen molar-refractivity contribution in [2.75, 3.05) is 11.7 Å². The van der Waals surface area contributed by atoms with E-state index >= 15 is 0 Å². The summed E-state index contributed by atoms with van der Waals surface area (Å²) < 4.78 is 5.58. The van der Waals surface area contributed by atoms with Crippen LogP contribution in [-0.2, 0) is 5.41 Å². The number of hydrazone groups is 1. The number of hydrogen-bond donors (Lipinski definition) is 1. The highest BCUT2D eigenvalue weighted by molar-refractivity contribution is 7.98. The van der Waals surface area contributed by atoms with Crippen molar-refractivity contribution in [3.63, 3.8) is 0 Å². The predicted octanol–water partition coefficient (Wildman–Crippen LogP) is 4.01. The van der Waals surface area contributed by atoms with Crippen LogP contribution in [0, 0.1) is 11.3 Å². The summed E-state index contributed by atoms with van der Waals surface area (Å²) in [5, 5.41) is 13.2. The van der Waals surface area contributed by atoms with E-state index in [2.05, 4.69) is 15.5 Å². The Balaban J connectivity index is 2.12. The Morgan fingerprint density at radius 1 is 1.32 bits per heavy atom. The van der Waals surface area contributed by atoms with Gasteiger partial charge in [0.1, 0.15) is 6.07 Å². The molecule has 2 aromatic rings. The van der Waals surface area contributed by atoms with Crippen molar-refractivity contribution in [2.45, 2.75) is 31.1 Å². The lowest BCUT2D eigenvalue weighted by atomic mass is 9.97. The van der Waals surface area contributed by atoms with E-state index < -0.39 is 0 Å². The van der Waals surface area contributed by atoms with Gasteiger partial charge in [-0.1, -0.05) is 32.9 Å². The zero-order chi connectivity index (χ0) is 16.2. The summed E-state index contributed by atoms with van der Waals surface area (Å²) in [4.78, 5) is 5.38. The maximum Gasteiger partial charge on any atom is 0.252 e. The predicted molar refractivity (Wildman–Crippen MR) is 89.4 cm³/mol. The van der Waals surface area contributed by atoms with Crippen molar-refractivity contribution < 1.29 is 4.42 Å². The molecule has 1 aromatic heterocycles. The van der Waals surface area contributed by atoms with E-state index in [1.807, 2.05) is 57.4 Å². The number of hydrogen-bond acceptors (Lipinski definition) is 6. The summed E-state index contributed by atoms with van der Waals surface area (Å²) >= 11 is 1.69. The van der Waals surface area contributed by atoms with Gasteiger partial charge in [-0.3, -0.25) is 0 Å². The molecule has 22 heavy (non-hydrogen) atoms. The monoisotopic (exact) mass is 314 g/mol. The Bertz CT molecular complexity index is 705. The number of anilines is 1. The first-order valence-electron chi connectivity index (χ1n) is 6.78. The number of oxazole rings is 1. The number of thioether (sulfide) groups is 1. The van der Waals surface area contributed by atoms with Crippen molar-refractivity contribution in [1.82, 2.24) is 4.98 Å². The molecule has 2 rings (SSSR count). The van der Waals surface area contributed by atoms with Gasteiger partial charge < -0.3 is 4.42 Å². The van der Waals surface area contributed by atoms with Crippen LogP contribution < -0.4 is 5.43 Å². The van der Waals surface area contributed by atoms with E-state index in [4.69, 9.17) is 9.68 Å². The third-order valence-electron chi connectivity index (χ3n) is 2.87. The molecule has 5 nitrogen and oxygen atoms in total. The number of rotatable bonds is 4. The van der Waals surface area contributed by atoms with Gasteiger partial charge in [-0.05, 0) is 24.0 Å². The summed E-state index contributed by atoms with van der Waals surface area (Å²) in [6.07, 6.45) is 3.70. The minimum atomic E-state index is -0.261. The standard InChI is InChI=1S/C16H18N4OS/c1-16(2,3)15-19-13(9-17)14(21-15)20-18-10-11-5-7-12(22-4)8-6-11/h5-8,10,20H,1-4H3/b18-10-.